The number of amides is 1. The van der Waals surface area contributed by atoms with Gasteiger partial charge in [-0.1, -0.05) is 25.1 Å². The first kappa shape index (κ1) is 19.6. The first-order valence-corrected chi connectivity index (χ1v) is 9.89. The minimum absolute atomic E-state index is 0.0316. The summed E-state index contributed by atoms with van der Waals surface area (Å²) in [5.74, 6) is 1.51. The smallest absolute Gasteiger partial charge is 0.287 e. The van der Waals surface area contributed by atoms with E-state index in [1.54, 1.807) is 17.0 Å². The highest BCUT2D eigenvalue weighted by Crippen LogP contribution is 2.27. The van der Waals surface area contributed by atoms with Crippen LogP contribution in [0.5, 0.6) is 0 Å². The van der Waals surface area contributed by atoms with Crippen molar-refractivity contribution in [3.05, 3.63) is 70.1 Å². The van der Waals surface area contributed by atoms with Crippen molar-refractivity contribution < 1.29 is 14.1 Å². The molecule has 30 heavy (non-hydrogen) atoms. The fourth-order valence-corrected chi connectivity index (χ4v) is 3.65. The van der Waals surface area contributed by atoms with Crippen LogP contribution in [0.2, 0.25) is 0 Å². The van der Waals surface area contributed by atoms with Gasteiger partial charge < -0.3 is 14.2 Å². The Labute approximate surface area is 173 Å². The van der Waals surface area contributed by atoms with E-state index < -0.39 is 4.92 Å². The van der Waals surface area contributed by atoms with Gasteiger partial charge in [0.1, 0.15) is 23.4 Å². The molecular formula is C22H22N4O4. The van der Waals surface area contributed by atoms with Crippen molar-refractivity contribution in [3.63, 3.8) is 0 Å². The third kappa shape index (κ3) is 3.89. The lowest BCUT2D eigenvalue weighted by Gasteiger charge is -2.34. The van der Waals surface area contributed by atoms with Crippen LogP contribution in [-0.4, -0.2) is 46.9 Å². The topological polar surface area (TPSA) is 92.7 Å². The molecule has 4 rings (SSSR count). The molecule has 2 aromatic heterocycles. The molecule has 0 unspecified atom stereocenters. The molecule has 0 aliphatic carbocycles. The first-order valence-electron chi connectivity index (χ1n) is 9.89. The van der Waals surface area contributed by atoms with Gasteiger partial charge in [-0.3, -0.25) is 14.9 Å². The van der Waals surface area contributed by atoms with Crippen molar-refractivity contribution >= 4 is 34.5 Å². The highest BCUT2D eigenvalue weighted by atomic mass is 16.6. The first-order chi connectivity index (χ1) is 14.6. The minimum atomic E-state index is -0.465. The molecule has 0 N–H and O–H groups in total. The third-order valence-corrected chi connectivity index (χ3v) is 5.28. The largest absolute Gasteiger partial charge is 0.460 e. The third-order valence-electron chi connectivity index (χ3n) is 5.28. The Morgan fingerprint density at radius 3 is 2.63 bits per heavy atom. The van der Waals surface area contributed by atoms with Gasteiger partial charge in [-0.25, -0.2) is 4.98 Å². The van der Waals surface area contributed by atoms with Gasteiger partial charge >= 0.3 is 0 Å². The Morgan fingerprint density at radius 2 is 1.97 bits per heavy atom. The molecule has 1 aliphatic heterocycles. The number of anilines is 1. The summed E-state index contributed by atoms with van der Waals surface area (Å²) < 4.78 is 5.88. The number of aromatic nitrogens is 1. The fourth-order valence-electron chi connectivity index (χ4n) is 3.65. The second-order valence-electron chi connectivity index (χ2n) is 7.07. The molecule has 1 fully saturated rings. The van der Waals surface area contributed by atoms with Gasteiger partial charge in [-0.15, -0.1) is 0 Å². The summed E-state index contributed by atoms with van der Waals surface area (Å²) >= 11 is 0. The van der Waals surface area contributed by atoms with Gasteiger partial charge in [-0.2, -0.15) is 0 Å². The minimum Gasteiger partial charge on any atom is -0.460 e. The van der Waals surface area contributed by atoms with E-state index in [4.69, 9.17) is 4.42 Å². The average molecular weight is 406 g/mol. The van der Waals surface area contributed by atoms with Crippen LogP contribution in [0.1, 0.15) is 18.2 Å². The van der Waals surface area contributed by atoms with Crippen molar-refractivity contribution in [1.29, 1.82) is 0 Å². The summed E-state index contributed by atoms with van der Waals surface area (Å²) in [6, 6.07) is 10.9. The molecule has 1 amide bonds. The Hall–Kier alpha value is -3.68. The second kappa shape index (κ2) is 8.36. The number of hydrogen-bond acceptors (Lipinski definition) is 6. The maximum absolute atomic E-state index is 12.7. The summed E-state index contributed by atoms with van der Waals surface area (Å²) in [6.07, 6.45) is 5.47. The zero-order chi connectivity index (χ0) is 21.1. The lowest BCUT2D eigenvalue weighted by Crippen LogP contribution is -2.48. The van der Waals surface area contributed by atoms with Crippen molar-refractivity contribution in [2.24, 2.45) is 0 Å². The van der Waals surface area contributed by atoms with E-state index in [9.17, 15) is 14.9 Å². The quantitative estimate of drug-likeness (QED) is 0.365. The van der Waals surface area contributed by atoms with E-state index in [0.29, 0.717) is 32.0 Å². The normalized spacial score (nSPS) is 14.6. The number of para-hydroxylation sites is 1. The number of nitro groups is 1. The molecule has 1 aliphatic rings. The van der Waals surface area contributed by atoms with Crippen molar-refractivity contribution in [1.82, 2.24) is 9.88 Å². The summed E-state index contributed by atoms with van der Waals surface area (Å²) in [7, 11) is 0. The average Bonchev–Trinajstić information content (AvgIpc) is 3.15. The predicted octanol–water partition coefficient (Wildman–Crippen LogP) is 3.66. The number of aryl methyl sites for hydroxylation is 1. The Balaban J connectivity index is 1.41. The Morgan fingerprint density at radius 1 is 1.20 bits per heavy atom. The highest BCUT2D eigenvalue weighted by Gasteiger charge is 2.21. The number of pyridine rings is 1. The van der Waals surface area contributed by atoms with Crippen molar-refractivity contribution in [2.75, 3.05) is 31.1 Å². The predicted molar refractivity (Wildman–Crippen MR) is 114 cm³/mol. The lowest BCUT2D eigenvalue weighted by atomic mass is 10.1. The van der Waals surface area contributed by atoms with Gasteiger partial charge in [0, 0.05) is 55.7 Å². The van der Waals surface area contributed by atoms with Gasteiger partial charge in [-0.05, 0) is 18.2 Å². The van der Waals surface area contributed by atoms with E-state index in [-0.39, 0.29) is 11.6 Å². The molecule has 0 saturated carbocycles. The van der Waals surface area contributed by atoms with E-state index in [1.165, 1.54) is 12.3 Å². The van der Waals surface area contributed by atoms with Crippen LogP contribution in [0.15, 0.2) is 53.1 Å². The number of rotatable bonds is 5. The molecule has 3 aromatic rings. The van der Waals surface area contributed by atoms with E-state index in [1.807, 2.05) is 42.2 Å². The molecule has 154 valence electrons. The monoisotopic (exact) mass is 406 g/mol. The molecule has 0 atom stereocenters. The number of hydrogen-bond donors (Lipinski definition) is 0. The molecular weight excluding hydrogens is 384 g/mol. The van der Waals surface area contributed by atoms with Crippen LogP contribution in [0.4, 0.5) is 11.5 Å². The van der Waals surface area contributed by atoms with Crippen LogP contribution in [0.3, 0.4) is 0 Å². The van der Waals surface area contributed by atoms with Crippen LogP contribution in [0, 0.1) is 10.1 Å². The van der Waals surface area contributed by atoms with Crippen LogP contribution >= 0.6 is 0 Å². The molecule has 1 aromatic carbocycles. The molecule has 3 heterocycles. The summed E-state index contributed by atoms with van der Waals surface area (Å²) in [4.78, 5) is 31.0. The SMILES string of the molecule is CCc1oc2ccccc2c1/C=C/C(=O)N1CCN(c2ccc([N+](=O)[O-])cn2)CC1. The maximum Gasteiger partial charge on any atom is 0.287 e. The van der Waals surface area contributed by atoms with Crippen molar-refractivity contribution in [3.8, 4) is 0 Å². The highest BCUT2D eigenvalue weighted by molar-refractivity contribution is 5.96. The van der Waals surface area contributed by atoms with E-state index >= 15 is 0 Å². The number of furan rings is 1. The number of piperazine rings is 1. The molecule has 8 heteroatoms. The molecule has 0 spiro atoms. The van der Waals surface area contributed by atoms with Crippen molar-refractivity contribution in [2.45, 2.75) is 13.3 Å². The molecule has 8 nitrogen and oxygen atoms in total. The van der Waals surface area contributed by atoms with Crippen LogP contribution in [0.25, 0.3) is 17.0 Å². The number of fused-ring (bicyclic) bond motifs is 1. The van der Waals surface area contributed by atoms with Gasteiger partial charge in [0.2, 0.25) is 5.91 Å². The lowest BCUT2D eigenvalue weighted by molar-refractivity contribution is -0.385. The van der Waals surface area contributed by atoms with Crippen LogP contribution in [-0.2, 0) is 11.2 Å². The number of nitrogens with zero attached hydrogens (tertiary/aromatic N) is 4. The molecule has 1 saturated heterocycles. The Bertz CT molecular complexity index is 1100. The zero-order valence-electron chi connectivity index (χ0n) is 16.7. The van der Waals surface area contributed by atoms with Gasteiger partial charge in [0.05, 0.1) is 4.92 Å². The zero-order valence-corrected chi connectivity index (χ0v) is 16.7. The van der Waals surface area contributed by atoms with Crippen LogP contribution < -0.4 is 4.90 Å². The van der Waals surface area contributed by atoms with E-state index in [0.717, 1.165) is 28.7 Å². The summed E-state index contributed by atoms with van der Waals surface area (Å²) in [6.45, 7) is 4.41. The standard InChI is InChI=1S/C22H22N4O4/c1-2-19-18(17-5-3-4-6-20(17)30-19)8-10-22(27)25-13-11-24(12-14-25)21-9-7-16(15-23-21)26(28)29/h3-10,15H,2,11-14H2,1H3/b10-8+. The number of carbonyl (C=O) groups excluding carboxylic acids is 1. The number of carbonyl (C=O) groups is 1. The fraction of sp³-hybridized carbons (Fsp3) is 0.273. The summed E-state index contributed by atoms with van der Waals surface area (Å²) in [5, 5.41) is 11.8. The Kier molecular flexibility index (Phi) is 5.47. The maximum atomic E-state index is 12.7. The molecule has 0 radical (unpaired) electrons. The second-order valence-corrected chi connectivity index (χ2v) is 7.07. The molecule has 0 bridgehead atoms. The van der Waals surface area contributed by atoms with E-state index in [2.05, 4.69) is 4.98 Å². The van der Waals surface area contributed by atoms with Gasteiger partial charge in [0.15, 0.2) is 0 Å². The number of benzene rings is 1. The van der Waals surface area contributed by atoms with Gasteiger partial charge in [0.25, 0.3) is 5.69 Å². The summed E-state index contributed by atoms with van der Waals surface area (Å²) in [5.41, 5.74) is 1.75.